The van der Waals surface area contributed by atoms with E-state index in [1.165, 1.54) is 30.3 Å². The Balaban J connectivity index is 2.18. The summed E-state index contributed by atoms with van der Waals surface area (Å²) in [7, 11) is 0. The predicted octanol–water partition coefficient (Wildman–Crippen LogP) is 4.04. The van der Waals surface area contributed by atoms with Crippen molar-refractivity contribution in [2.24, 2.45) is 0 Å². The molecule has 0 amide bonds. The second-order valence-corrected chi connectivity index (χ2v) is 4.27. The summed E-state index contributed by atoms with van der Waals surface area (Å²) in [6.45, 7) is 0. The first-order chi connectivity index (χ1) is 8.56. The highest BCUT2D eigenvalue weighted by molar-refractivity contribution is 6.30. The SMILES string of the molecule is O=C(Cc1ccc(Cl)c(F)c1)c1cccc(F)c1. The van der Waals surface area contributed by atoms with E-state index in [0.29, 0.717) is 5.56 Å². The van der Waals surface area contributed by atoms with Crippen LogP contribution >= 0.6 is 11.6 Å². The molecule has 0 aromatic heterocycles. The minimum Gasteiger partial charge on any atom is -0.294 e. The molecule has 0 heterocycles. The van der Waals surface area contributed by atoms with Gasteiger partial charge in [0.1, 0.15) is 11.6 Å². The zero-order valence-corrected chi connectivity index (χ0v) is 10.0. The standard InChI is InChI=1S/C14H9ClF2O/c15-12-5-4-9(6-13(12)17)7-14(18)10-2-1-3-11(16)8-10/h1-6,8H,7H2. The average Bonchev–Trinajstić information content (AvgIpc) is 2.34. The minimum absolute atomic E-state index is 0.0111. The van der Waals surface area contributed by atoms with E-state index in [1.807, 2.05) is 0 Å². The summed E-state index contributed by atoms with van der Waals surface area (Å²) in [6.07, 6.45) is 0.0115. The van der Waals surface area contributed by atoms with Crippen LogP contribution in [0.2, 0.25) is 5.02 Å². The third kappa shape index (κ3) is 2.93. The first-order valence-corrected chi connectivity index (χ1v) is 5.67. The molecule has 0 N–H and O–H groups in total. The van der Waals surface area contributed by atoms with Gasteiger partial charge in [0.25, 0.3) is 0 Å². The molecule has 2 aromatic carbocycles. The molecule has 0 saturated heterocycles. The third-order valence-electron chi connectivity index (χ3n) is 2.50. The van der Waals surface area contributed by atoms with E-state index < -0.39 is 11.6 Å². The van der Waals surface area contributed by atoms with Gasteiger partial charge in [-0.05, 0) is 29.8 Å². The molecule has 1 nitrogen and oxygen atoms in total. The van der Waals surface area contributed by atoms with E-state index >= 15 is 0 Å². The highest BCUT2D eigenvalue weighted by atomic mass is 35.5. The summed E-state index contributed by atoms with van der Waals surface area (Å²) in [5, 5.41) is 0.0111. The fourth-order valence-electron chi connectivity index (χ4n) is 1.60. The van der Waals surface area contributed by atoms with Crippen molar-refractivity contribution in [3.05, 3.63) is 70.2 Å². The molecule has 0 fully saturated rings. The fraction of sp³-hybridized carbons (Fsp3) is 0.0714. The normalized spacial score (nSPS) is 10.4. The van der Waals surface area contributed by atoms with E-state index in [2.05, 4.69) is 0 Å². The maximum Gasteiger partial charge on any atom is 0.167 e. The molecule has 0 aliphatic heterocycles. The quantitative estimate of drug-likeness (QED) is 0.766. The van der Waals surface area contributed by atoms with Gasteiger partial charge in [0.2, 0.25) is 0 Å². The summed E-state index contributed by atoms with van der Waals surface area (Å²) in [5.41, 5.74) is 0.775. The number of rotatable bonds is 3. The molecule has 0 aliphatic carbocycles. The lowest BCUT2D eigenvalue weighted by Gasteiger charge is -2.03. The van der Waals surface area contributed by atoms with Crippen LogP contribution in [0.15, 0.2) is 42.5 Å². The van der Waals surface area contributed by atoms with Gasteiger partial charge in [0.05, 0.1) is 5.02 Å². The van der Waals surface area contributed by atoms with Gasteiger partial charge in [-0.15, -0.1) is 0 Å². The maximum atomic E-state index is 13.2. The molecule has 0 atom stereocenters. The second kappa shape index (κ2) is 5.27. The predicted molar refractivity (Wildman–Crippen MR) is 65.8 cm³/mol. The molecule has 0 unspecified atom stereocenters. The highest BCUT2D eigenvalue weighted by Gasteiger charge is 2.09. The molecule has 0 aliphatic rings. The Morgan fingerprint density at radius 2 is 1.89 bits per heavy atom. The number of hydrogen-bond acceptors (Lipinski definition) is 1. The molecule has 18 heavy (non-hydrogen) atoms. The first kappa shape index (κ1) is 12.7. The van der Waals surface area contributed by atoms with Gasteiger partial charge in [0, 0.05) is 12.0 Å². The largest absolute Gasteiger partial charge is 0.294 e. The molecule has 2 aromatic rings. The van der Waals surface area contributed by atoms with Crippen LogP contribution in [0.25, 0.3) is 0 Å². The van der Waals surface area contributed by atoms with Crippen molar-refractivity contribution in [3.63, 3.8) is 0 Å². The van der Waals surface area contributed by atoms with Gasteiger partial charge in [-0.25, -0.2) is 8.78 Å². The average molecular weight is 267 g/mol. The number of Topliss-reactive ketones (excluding diaryl/α,β-unsaturated/α-hetero) is 1. The Labute approximate surface area is 108 Å². The molecule has 92 valence electrons. The second-order valence-electron chi connectivity index (χ2n) is 3.86. The molecular weight excluding hydrogens is 258 g/mol. The van der Waals surface area contributed by atoms with Crippen LogP contribution in [0.4, 0.5) is 8.78 Å². The third-order valence-corrected chi connectivity index (χ3v) is 2.80. The van der Waals surface area contributed by atoms with Crippen LogP contribution in [0, 0.1) is 11.6 Å². The summed E-state index contributed by atoms with van der Waals surface area (Å²) in [6, 6.07) is 9.59. The van der Waals surface area contributed by atoms with E-state index in [9.17, 15) is 13.6 Å². The summed E-state index contributed by atoms with van der Waals surface area (Å²) in [5.74, 6) is -1.31. The number of benzene rings is 2. The smallest absolute Gasteiger partial charge is 0.167 e. The van der Waals surface area contributed by atoms with Crippen molar-refractivity contribution in [1.82, 2.24) is 0 Å². The van der Waals surface area contributed by atoms with Crippen molar-refractivity contribution in [2.45, 2.75) is 6.42 Å². The van der Waals surface area contributed by atoms with E-state index in [1.54, 1.807) is 6.07 Å². The molecule has 0 spiro atoms. The Bertz CT molecular complexity index is 596. The number of carbonyl (C=O) groups excluding carboxylic acids is 1. The monoisotopic (exact) mass is 266 g/mol. The van der Waals surface area contributed by atoms with Gasteiger partial charge in [0.15, 0.2) is 5.78 Å². The van der Waals surface area contributed by atoms with Gasteiger partial charge < -0.3 is 0 Å². The van der Waals surface area contributed by atoms with Crippen LogP contribution in [0.3, 0.4) is 0 Å². The van der Waals surface area contributed by atoms with Gasteiger partial charge in [-0.2, -0.15) is 0 Å². The lowest BCUT2D eigenvalue weighted by Crippen LogP contribution is -2.04. The Kier molecular flexibility index (Phi) is 3.72. The zero-order chi connectivity index (χ0) is 13.1. The van der Waals surface area contributed by atoms with Gasteiger partial charge >= 0.3 is 0 Å². The van der Waals surface area contributed by atoms with Crippen molar-refractivity contribution in [2.75, 3.05) is 0 Å². The molecular formula is C14H9ClF2O. The van der Waals surface area contributed by atoms with E-state index in [0.717, 1.165) is 6.07 Å². The van der Waals surface area contributed by atoms with Crippen LogP contribution in [0.1, 0.15) is 15.9 Å². The zero-order valence-electron chi connectivity index (χ0n) is 9.29. The van der Waals surface area contributed by atoms with Crippen LogP contribution in [-0.4, -0.2) is 5.78 Å². The van der Waals surface area contributed by atoms with Gasteiger partial charge in [-0.3, -0.25) is 4.79 Å². The fourth-order valence-corrected chi connectivity index (χ4v) is 1.72. The lowest BCUT2D eigenvalue weighted by molar-refractivity contribution is 0.0992. The van der Waals surface area contributed by atoms with Crippen LogP contribution in [0.5, 0.6) is 0 Å². The summed E-state index contributed by atoms with van der Waals surface area (Å²) in [4.78, 5) is 11.8. The topological polar surface area (TPSA) is 17.1 Å². The lowest BCUT2D eigenvalue weighted by atomic mass is 10.0. The first-order valence-electron chi connectivity index (χ1n) is 5.29. The van der Waals surface area contributed by atoms with Crippen molar-refractivity contribution in [3.8, 4) is 0 Å². The number of ketones is 1. The molecule has 0 saturated carbocycles. The van der Waals surface area contributed by atoms with Crippen LogP contribution < -0.4 is 0 Å². The van der Waals surface area contributed by atoms with Crippen LogP contribution in [-0.2, 0) is 6.42 Å². The van der Waals surface area contributed by atoms with Crippen molar-refractivity contribution in [1.29, 1.82) is 0 Å². The Morgan fingerprint density at radius 3 is 2.56 bits per heavy atom. The minimum atomic E-state index is -0.568. The number of hydrogen-bond donors (Lipinski definition) is 0. The Hall–Kier alpha value is -1.74. The van der Waals surface area contributed by atoms with Crippen molar-refractivity contribution >= 4 is 17.4 Å². The number of halogens is 3. The molecule has 0 bridgehead atoms. The molecule has 0 radical (unpaired) electrons. The highest BCUT2D eigenvalue weighted by Crippen LogP contribution is 2.17. The summed E-state index contributed by atoms with van der Waals surface area (Å²) >= 11 is 5.55. The molecule has 4 heteroatoms. The molecule has 2 rings (SSSR count). The maximum absolute atomic E-state index is 13.2. The summed E-state index contributed by atoms with van der Waals surface area (Å²) < 4.78 is 26.1. The van der Waals surface area contributed by atoms with Gasteiger partial charge in [-0.1, -0.05) is 29.8 Å². The Morgan fingerprint density at radius 1 is 1.11 bits per heavy atom. The number of carbonyl (C=O) groups is 1. The van der Waals surface area contributed by atoms with E-state index in [-0.39, 0.29) is 22.8 Å². The van der Waals surface area contributed by atoms with Crippen molar-refractivity contribution < 1.29 is 13.6 Å². The van der Waals surface area contributed by atoms with E-state index in [4.69, 9.17) is 11.6 Å².